The summed E-state index contributed by atoms with van der Waals surface area (Å²) >= 11 is 0. The highest BCUT2D eigenvalue weighted by Gasteiger charge is 2.15. The molecule has 1 fully saturated rings. The van der Waals surface area contributed by atoms with Crippen molar-refractivity contribution in [2.45, 2.75) is 51.5 Å². The first-order chi connectivity index (χ1) is 9.61. The Morgan fingerprint density at radius 2 is 1.90 bits per heavy atom. The van der Waals surface area contributed by atoms with Crippen molar-refractivity contribution in [2.75, 3.05) is 19.7 Å². The van der Waals surface area contributed by atoms with Crippen LogP contribution in [0.1, 0.15) is 45.4 Å². The number of carbonyl (C=O) groups is 2. The first-order valence-corrected chi connectivity index (χ1v) is 7.53. The van der Waals surface area contributed by atoms with Crippen LogP contribution >= 0.6 is 0 Å². The van der Waals surface area contributed by atoms with Crippen LogP contribution in [0.4, 0.5) is 4.79 Å². The number of hydrogen-bond donors (Lipinski definition) is 4. The van der Waals surface area contributed by atoms with Gasteiger partial charge in [-0.25, -0.2) is 4.79 Å². The predicted molar refractivity (Wildman–Crippen MR) is 77.3 cm³/mol. The molecule has 0 spiro atoms. The summed E-state index contributed by atoms with van der Waals surface area (Å²) in [4.78, 5) is 23.1. The summed E-state index contributed by atoms with van der Waals surface area (Å²) in [6, 6.07) is 0.0197. The van der Waals surface area contributed by atoms with E-state index in [1.165, 1.54) is 19.3 Å². The van der Waals surface area contributed by atoms with Crippen molar-refractivity contribution in [1.82, 2.24) is 16.0 Å². The van der Waals surface area contributed by atoms with Crippen molar-refractivity contribution in [2.24, 2.45) is 5.92 Å². The highest BCUT2D eigenvalue weighted by molar-refractivity contribution is 5.78. The SMILES string of the molecule is CC(CO)CNC(=O)NCCC(=O)NC1CCCCC1. The van der Waals surface area contributed by atoms with Gasteiger partial charge in [0.1, 0.15) is 0 Å². The Hall–Kier alpha value is -1.30. The molecule has 20 heavy (non-hydrogen) atoms. The van der Waals surface area contributed by atoms with E-state index in [9.17, 15) is 9.59 Å². The van der Waals surface area contributed by atoms with E-state index in [1.54, 1.807) is 0 Å². The van der Waals surface area contributed by atoms with Gasteiger partial charge in [0.15, 0.2) is 0 Å². The summed E-state index contributed by atoms with van der Waals surface area (Å²) in [5.41, 5.74) is 0. The number of aliphatic hydroxyl groups excluding tert-OH is 1. The van der Waals surface area contributed by atoms with Gasteiger partial charge in [-0.1, -0.05) is 26.2 Å². The minimum atomic E-state index is -0.296. The fourth-order valence-electron chi connectivity index (χ4n) is 2.23. The van der Waals surface area contributed by atoms with Gasteiger partial charge in [-0.05, 0) is 18.8 Å². The van der Waals surface area contributed by atoms with Gasteiger partial charge >= 0.3 is 6.03 Å². The molecule has 1 aliphatic rings. The Kier molecular flexibility index (Phi) is 8.02. The molecule has 0 aromatic heterocycles. The second-order valence-corrected chi connectivity index (χ2v) is 5.58. The number of rotatable bonds is 7. The zero-order chi connectivity index (χ0) is 14.8. The molecule has 1 unspecified atom stereocenters. The van der Waals surface area contributed by atoms with E-state index in [-0.39, 0.29) is 24.5 Å². The van der Waals surface area contributed by atoms with Gasteiger partial charge in [-0.3, -0.25) is 4.79 Å². The first kappa shape index (κ1) is 16.8. The van der Waals surface area contributed by atoms with E-state index in [0.717, 1.165) is 12.8 Å². The zero-order valence-electron chi connectivity index (χ0n) is 12.3. The summed E-state index contributed by atoms with van der Waals surface area (Å²) in [6.07, 6.45) is 6.08. The molecule has 116 valence electrons. The van der Waals surface area contributed by atoms with E-state index >= 15 is 0 Å². The Morgan fingerprint density at radius 1 is 1.20 bits per heavy atom. The first-order valence-electron chi connectivity index (χ1n) is 7.53. The molecular formula is C14H27N3O3. The minimum absolute atomic E-state index is 0.000858. The molecule has 0 radical (unpaired) electrons. The summed E-state index contributed by atoms with van der Waals surface area (Å²) in [5.74, 6) is 0.0382. The molecule has 1 rings (SSSR count). The van der Waals surface area contributed by atoms with Crippen LogP contribution in [0.25, 0.3) is 0 Å². The van der Waals surface area contributed by atoms with Crippen LogP contribution in [0.3, 0.4) is 0 Å². The molecule has 3 amide bonds. The topological polar surface area (TPSA) is 90.5 Å². The van der Waals surface area contributed by atoms with Crippen LogP contribution in [-0.4, -0.2) is 42.8 Å². The van der Waals surface area contributed by atoms with Gasteiger partial charge < -0.3 is 21.1 Å². The van der Waals surface area contributed by atoms with Crippen LogP contribution in [0.5, 0.6) is 0 Å². The summed E-state index contributed by atoms with van der Waals surface area (Å²) in [6.45, 7) is 2.65. The van der Waals surface area contributed by atoms with Crippen LogP contribution in [-0.2, 0) is 4.79 Å². The number of urea groups is 1. The van der Waals surface area contributed by atoms with Crippen molar-refractivity contribution in [1.29, 1.82) is 0 Å². The lowest BCUT2D eigenvalue weighted by atomic mass is 9.95. The van der Waals surface area contributed by atoms with Crippen molar-refractivity contribution in [3.8, 4) is 0 Å². The Bertz CT molecular complexity index is 304. The Morgan fingerprint density at radius 3 is 2.55 bits per heavy atom. The van der Waals surface area contributed by atoms with Crippen LogP contribution in [0.2, 0.25) is 0 Å². The molecule has 0 bridgehead atoms. The number of aliphatic hydroxyl groups is 1. The van der Waals surface area contributed by atoms with Gasteiger partial charge in [-0.2, -0.15) is 0 Å². The third-order valence-corrected chi connectivity index (χ3v) is 3.53. The Balaban J connectivity index is 2.04. The normalized spacial score (nSPS) is 17.3. The largest absolute Gasteiger partial charge is 0.396 e. The second kappa shape index (κ2) is 9.58. The number of hydrogen-bond acceptors (Lipinski definition) is 3. The van der Waals surface area contributed by atoms with Gasteiger partial charge in [0.2, 0.25) is 5.91 Å². The fourth-order valence-corrected chi connectivity index (χ4v) is 2.23. The summed E-state index contributed by atoms with van der Waals surface area (Å²) < 4.78 is 0. The van der Waals surface area contributed by atoms with E-state index in [0.29, 0.717) is 25.6 Å². The second-order valence-electron chi connectivity index (χ2n) is 5.58. The van der Waals surface area contributed by atoms with Crippen molar-refractivity contribution in [3.63, 3.8) is 0 Å². The van der Waals surface area contributed by atoms with E-state index in [2.05, 4.69) is 16.0 Å². The lowest BCUT2D eigenvalue weighted by Gasteiger charge is -2.22. The monoisotopic (exact) mass is 285 g/mol. The van der Waals surface area contributed by atoms with Gasteiger partial charge in [0, 0.05) is 32.2 Å². The lowest BCUT2D eigenvalue weighted by Crippen LogP contribution is -2.41. The third-order valence-electron chi connectivity index (χ3n) is 3.53. The van der Waals surface area contributed by atoms with E-state index in [1.807, 2.05) is 6.92 Å². The minimum Gasteiger partial charge on any atom is -0.396 e. The maximum absolute atomic E-state index is 11.7. The molecule has 6 heteroatoms. The lowest BCUT2D eigenvalue weighted by molar-refractivity contribution is -0.121. The van der Waals surface area contributed by atoms with E-state index in [4.69, 9.17) is 5.11 Å². The molecule has 1 saturated carbocycles. The maximum Gasteiger partial charge on any atom is 0.314 e. The molecule has 6 nitrogen and oxygen atoms in total. The van der Waals surface area contributed by atoms with Crippen molar-refractivity contribution in [3.05, 3.63) is 0 Å². The van der Waals surface area contributed by atoms with Gasteiger partial charge in [0.25, 0.3) is 0 Å². The Labute approximate surface area is 120 Å². The number of nitrogens with one attached hydrogen (secondary N) is 3. The number of carbonyl (C=O) groups excluding carboxylic acids is 2. The summed E-state index contributed by atoms with van der Waals surface area (Å²) in [5, 5.41) is 17.1. The summed E-state index contributed by atoms with van der Waals surface area (Å²) in [7, 11) is 0. The average Bonchev–Trinajstić information content (AvgIpc) is 2.45. The third kappa shape index (κ3) is 7.33. The molecule has 0 saturated heterocycles. The van der Waals surface area contributed by atoms with E-state index < -0.39 is 0 Å². The highest BCUT2D eigenvalue weighted by atomic mass is 16.3. The zero-order valence-corrected chi connectivity index (χ0v) is 12.3. The maximum atomic E-state index is 11.7. The molecule has 1 atom stereocenters. The average molecular weight is 285 g/mol. The van der Waals surface area contributed by atoms with Gasteiger partial charge in [-0.15, -0.1) is 0 Å². The number of amides is 3. The molecule has 0 aromatic rings. The van der Waals surface area contributed by atoms with Crippen LogP contribution in [0.15, 0.2) is 0 Å². The fraction of sp³-hybridized carbons (Fsp3) is 0.857. The quantitative estimate of drug-likeness (QED) is 0.556. The molecule has 1 aliphatic carbocycles. The van der Waals surface area contributed by atoms with Gasteiger partial charge in [0.05, 0.1) is 0 Å². The molecule has 0 aliphatic heterocycles. The molecule has 4 N–H and O–H groups in total. The predicted octanol–water partition coefficient (Wildman–Crippen LogP) is 0.753. The molecular weight excluding hydrogens is 258 g/mol. The van der Waals surface area contributed by atoms with Crippen LogP contribution < -0.4 is 16.0 Å². The van der Waals surface area contributed by atoms with Crippen molar-refractivity contribution >= 4 is 11.9 Å². The molecule has 0 heterocycles. The van der Waals surface area contributed by atoms with Crippen molar-refractivity contribution < 1.29 is 14.7 Å². The standard InChI is InChI=1S/C14H27N3O3/c1-11(10-18)9-16-14(20)15-8-7-13(19)17-12-5-3-2-4-6-12/h11-12,18H,2-10H2,1H3,(H,17,19)(H2,15,16,20). The molecule has 0 aromatic carbocycles. The highest BCUT2D eigenvalue weighted by Crippen LogP contribution is 2.17. The smallest absolute Gasteiger partial charge is 0.314 e. The van der Waals surface area contributed by atoms with Crippen LogP contribution in [0, 0.1) is 5.92 Å².